The molecule has 1 rings (SSSR count). The molecule has 0 spiro atoms. The highest BCUT2D eigenvalue weighted by atomic mass is 16.1. The van der Waals surface area contributed by atoms with Gasteiger partial charge < -0.3 is 0 Å². The number of hydrogen-bond donors (Lipinski definition) is 0. The van der Waals surface area contributed by atoms with Crippen molar-refractivity contribution in [2.24, 2.45) is 5.92 Å². The largest absolute Gasteiger partial charge is 0.299 e. The summed E-state index contributed by atoms with van der Waals surface area (Å²) in [6.45, 7) is 3.60. The van der Waals surface area contributed by atoms with Gasteiger partial charge in [0.2, 0.25) is 0 Å². The third kappa shape index (κ3) is 2.65. The summed E-state index contributed by atoms with van der Waals surface area (Å²) in [6, 6.07) is 0. The fraction of sp³-hybridized carbons (Fsp3) is 0.545. The van der Waals surface area contributed by atoms with Crippen LogP contribution in [0, 0.1) is 5.92 Å². The van der Waals surface area contributed by atoms with Crippen molar-refractivity contribution in [1.82, 2.24) is 0 Å². The number of Topliss-reactive ketones (excluding diaryl/α,β-unsaturated/α-hetero) is 1. The normalized spacial score (nSPS) is 25.7. The highest BCUT2D eigenvalue weighted by Crippen LogP contribution is 2.20. The van der Waals surface area contributed by atoms with Gasteiger partial charge >= 0.3 is 0 Å². The second-order valence-corrected chi connectivity index (χ2v) is 3.29. The van der Waals surface area contributed by atoms with Crippen LogP contribution in [0.25, 0.3) is 0 Å². The van der Waals surface area contributed by atoms with Crippen LogP contribution in [0.1, 0.15) is 32.1 Å². The Morgan fingerprint density at radius 2 is 2.17 bits per heavy atom. The number of carbonyl (C=O) groups is 1. The van der Waals surface area contributed by atoms with Gasteiger partial charge in [-0.1, -0.05) is 37.6 Å². The topological polar surface area (TPSA) is 17.1 Å². The molecule has 1 saturated carbocycles. The SMILES string of the molecule is C=C/C=C/C1CCCCCC1=O. The minimum absolute atomic E-state index is 0.172. The van der Waals surface area contributed by atoms with Crippen molar-refractivity contribution in [3.8, 4) is 0 Å². The second-order valence-electron chi connectivity index (χ2n) is 3.29. The molecule has 1 fully saturated rings. The molecule has 0 heterocycles. The molecule has 0 aromatic heterocycles. The Bertz CT molecular complexity index is 191. The van der Waals surface area contributed by atoms with Gasteiger partial charge in [0.05, 0.1) is 0 Å². The average molecular weight is 164 g/mol. The van der Waals surface area contributed by atoms with Crippen molar-refractivity contribution in [2.45, 2.75) is 32.1 Å². The maximum atomic E-state index is 11.4. The van der Waals surface area contributed by atoms with Crippen LogP contribution in [-0.2, 0) is 4.79 Å². The smallest absolute Gasteiger partial charge is 0.139 e. The van der Waals surface area contributed by atoms with E-state index in [4.69, 9.17) is 0 Å². The molecule has 1 heteroatoms. The number of hydrogen-bond acceptors (Lipinski definition) is 1. The predicted octanol–water partition coefficient (Wildman–Crippen LogP) is 2.88. The highest BCUT2D eigenvalue weighted by Gasteiger charge is 2.17. The van der Waals surface area contributed by atoms with Crippen molar-refractivity contribution in [3.05, 3.63) is 24.8 Å². The van der Waals surface area contributed by atoms with Gasteiger partial charge in [-0.15, -0.1) is 0 Å². The van der Waals surface area contributed by atoms with Crippen molar-refractivity contribution < 1.29 is 4.79 Å². The van der Waals surface area contributed by atoms with Gasteiger partial charge in [-0.05, 0) is 12.8 Å². The third-order valence-electron chi connectivity index (χ3n) is 2.33. The Kier molecular flexibility index (Phi) is 3.78. The van der Waals surface area contributed by atoms with Crippen molar-refractivity contribution in [2.75, 3.05) is 0 Å². The monoisotopic (exact) mass is 164 g/mol. The quantitative estimate of drug-likeness (QED) is 0.453. The maximum Gasteiger partial charge on any atom is 0.139 e. The van der Waals surface area contributed by atoms with E-state index in [0.717, 1.165) is 19.3 Å². The minimum atomic E-state index is 0.172. The van der Waals surface area contributed by atoms with Gasteiger partial charge in [0.15, 0.2) is 0 Å². The van der Waals surface area contributed by atoms with Gasteiger partial charge in [0.1, 0.15) is 5.78 Å². The summed E-state index contributed by atoms with van der Waals surface area (Å²) in [6.07, 6.45) is 10.9. The fourth-order valence-corrected chi connectivity index (χ4v) is 1.60. The van der Waals surface area contributed by atoms with E-state index in [1.165, 1.54) is 12.8 Å². The first-order valence-electron chi connectivity index (χ1n) is 4.66. The molecule has 0 saturated heterocycles. The Labute approximate surface area is 74.2 Å². The first-order valence-corrected chi connectivity index (χ1v) is 4.66. The van der Waals surface area contributed by atoms with Crippen LogP contribution in [0.3, 0.4) is 0 Å². The lowest BCUT2D eigenvalue weighted by atomic mass is 9.98. The van der Waals surface area contributed by atoms with Gasteiger partial charge in [-0.25, -0.2) is 0 Å². The van der Waals surface area contributed by atoms with E-state index in [-0.39, 0.29) is 5.92 Å². The summed E-state index contributed by atoms with van der Waals surface area (Å²) < 4.78 is 0. The summed E-state index contributed by atoms with van der Waals surface area (Å²) in [5.74, 6) is 0.580. The zero-order chi connectivity index (χ0) is 8.81. The second kappa shape index (κ2) is 4.91. The number of allylic oxidation sites excluding steroid dienone is 3. The molecule has 1 unspecified atom stereocenters. The molecule has 1 atom stereocenters. The molecule has 1 nitrogen and oxygen atoms in total. The van der Waals surface area contributed by atoms with Crippen LogP contribution >= 0.6 is 0 Å². The Hall–Kier alpha value is -0.850. The molecular formula is C11H16O. The van der Waals surface area contributed by atoms with E-state index in [2.05, 4.69) is 6.58 Å². The van der Waals surface area contributed by atoms with Gasteiger partial charge in [-0.2, -0.15) is 0 Å². The van der Waals surface area contributed by atoms with Gasteiger partial charge in [0, 0.05) is 12.3 Å². The Morgan fingerprint density at radius 1 is 1.33 bits per heavy atom. The molecule has 0 bridgehead atoms. The lowest BCUT2D eigenvalue weighted by molar-refractivity contribution is -0.121. The van der Waals surface area contributed by atoms with E-state index >= 15 is 0 Å². The lowest BCUT2D eigenvalue weighted by Crippen LogP contribution is -2.08. The number of ketones is 1. The van der Waals surface area contributed by atoms with Crippen LogP contribution < -0.4 is 0 Å². The summed E-state index contributed by atoms with van der Waals surface area (Å²) >= 11 is 0. The molecule has 0 aliphatic heterocycles. The Balaban J connectivity index is 2.52. The molecule has 0 radical (unpaired) electrons. The minimum Gasteiger partial charge on any atom is -0.299 e. The van der Waals surface area contributed by atoms with Crippen LogP contribution in [0.4, 0.5) is 0 Å². The number of carbonyl (C=O) groups excluding carboxylic acids is 1. The van der Waals surface area contributed by atoms with Crippen LogP contribution in [0.2, 0.25) is 0 Å². The summed E-state index contributed by atoms with van der Waals surface area (Å²) in [5, 5.41) is 0. The molecule has 0 N–H and O–H groups in total. The van der Waals surface area contributed by atoms with E-state index in [1.54, 1.807) is 6.08 Å². The first-order chi connectivity index (χ1) is 5.84. The maximum absolute atomic E-state index is 11.4. The van der Waals surface area contributed by atoms with E-state index in [9.17, 15) is 4.79 Å². The van der Waals surface area contributed by atoms with Gasteiger partial charge in [-0.3, -0.25) is 4.79 Å². The molecule has 1 aliphatic rings. The summed E-state index contributed by atoms with van der Waals surface area (Å²) in [4.78, 5) is 11.4. The predicted molar refractivity (Wildman–Crippen MR) is 50.9 cm³/mol. The molecule has 1 aliphatic carbocycles. The van der Waals surface area contributed by atoms with Crippen LogP contribution in [0.15, 0.2) is 24.8 Å². The van der Waals surface area contributed by atoms with Crippen molar-refractivity contribution in [1.29, 1.82) is 0 Å². The average Bonchev–Trinajstić information content (AvgIpc) is 2.27. The molecular weight excluding hydrogens is 148 g/mol. The number of rotatable bonds is 2. The molecule has 12 heavy (non-hydrogen) atoms. The van der Waals surface area contributed by atoms with Crippen molar-refractivity contribution in [3.63, 3.8) is 0 Å². The fourth-order valence-electron chi connectivity index (χ4n) is 1.60. The van der Waals surface area contributed by atoms with Crippen LogP contribution in [0.5, 0.6) is 0 Å². The summed E-state index contributed by atoms with van der Waals surface area (Å²) in [7, 11) is 0. The zero-order valence-electron chi connectivity index (χ0n) is 7.46. The molecule has 66 valence electrons. The molecule has 0 aromatic rings. The third-order valence-corrected chi connectivity index (χ3v) is 2.33. The zero-order valence-corrected chi connectivity index (χ0v) is 7.46. The summed E-state index contributed by atoms with van der Waals surface area (Å²) in [5.41, 5.74) is 0. The van der Waals surface area contributed by atoms with Crippen LogP contribution in [-0.4, -0.2) is 5.78 Å². The van der Waals surface area contributed by atoms with Gasteiger partial charge in [0.25, 0.3) is 0 Å². The molecule has 0 amide bonds. The highest BCUT2D eigenvalue weighted by molar-refractivity contribution is 5.82. The van der Waals surface area contributed by atoms with Crippen molar-refractivity contribution >= 4 is 5.78 Å². The molecule has 0 aromatic carbocycles. The Morgan fingerprint density at radius 3 is 2.92 bits per heavy atom. The van der Waals surface area contributed by atoms with E-state index < -0.39 is 0 Å². The first kappa shape index (κ1) is 9.24. The lowest BCUT2D eigenvalue weighted by Gasteiger charge is -2.05. The van der Waals surface area contributed by atoms with E-state index in [1.807, 2.05) is 12.2 Å². The van der Waals surface area contributed by atoms with E-state index in [0.29, 0.717) is 5.78 Å². The standard InChI is InChI=1S/C11H16O/c1-2-3-7-10-8-5-4-6-9-11(10)12/h2-3,7,10H,1,4-6,8-9H2/b7-3+.